The first-order valence-corrected chi connectivity index (χ1v) is 40.9. The van der Waals surface area contributed by atoms with Gasteiger partial charge in [0.1, 0.15) is 0 Å². The van der Waals surface area contributed by atoms with Gasteiger partial charge in [-0.1, -0.05) is 396 Å². The quantitative estimate of drug-likeness (QED) is 0.0320. The zero-order chi connectivity index (χ0) is 64.9. The molecule has 6 nitrogen and oxygen atoms in total. The Morgan fingerprint density at radius 2 is 0.556 bits per heavy atom. The molecular weight excluding hydrogens is 1100 g/mol. The molecule has 0 heterocycles. The Morgan fingerprint density at radius 3 is 0.867 bits per heavy atom. The minimum absolute atomic E-state index is 0.00500. The van der Waals surface area contributed by atoms with Crippen LogP contribution in [-0.4, -0.2) is 47.4 Å². The van der Waals surface area contributed by atoms with E-state index >= 15 is 0 Å². The number of esters is 1. The van der Waals surface area contributed by atoms with Crippen molar-refractivity contribution in [3.8, 4) is 0 Å². The predicted molar refractivity (Wildman–Crippen MR) is 398 cm³/mol. The lowest BCUT2D eigenvalue weighted by molar-refractivity contribution is -0.143. The molecule has 0 saturated heterocycles. The Bertz CT molecular complexity index is 1500. The van der Waals surface area contributed by atoms with E-state index < -0.39 is 12.1 Å². The Labute approximate surface area is 563 Å². The lowest BCUT2D eigenvalue weighted by Gasteiger charge is -2.20. The van der Waals surface area contributed by atoms with Crippen LogP contribution < -0.4 is 5.32 Å². The minimum atomic E-state index is -0.845. The highest BCUT2D eigenvalue weighted by Crippen LogP contribution is 2.20. The van der Waals surface area contributed by atoms with Crippen molar-refractivity contribution in [2.45, 2.75) is 463 Å². The number of allylic oxidation sites excluding steroid dienone is 7. The fraction of sp³-hybridized carbons (Fsp3) is 0.881. The molecule has 0 spiro atoms. The summed E-state index contributed by atoms with van der Waals surface area (Å²) in [5.41, 5.74) is 0. The van der Waals surface area contributed by atoms with Gasteiger partial charge in [-0.15, -0.1) is 0 Å². The summed E-state index contributed by atoms with van der Waals surface area (Å²) in [6.07, 6.45) is 105. The summed E-state index contributed by atoms with van der Waals surface area (Å²) < 4.78 is 5.50. The normalized spacial score (nSPS) is 12.7. The summed E-state index contributed by atoms with van der Waals surface area (Å²) in [4.78, 5) is 24.7. The molecule has 0 saturated carbocycles. The number of carbonyl (C=O) groups is 2. The molecule has 90 heavy (non-hydrogen) atoms. The zero-order valence-electron chi connectivity index (χ0n) is 60.9. The van der Waals surface area contributed by atoms with Gasteiger partial charge in [0.2, 0.25) is 5.91 Å². The number of unbranched alkanes of at least 4 members (excludes halogenated alkanes) is 60. The number of ether oxygens (including phenoxy) is 1. The van der Waals surface area contributed by atoms with Crippen LogP contribution in [0.2, 0.25) is 0 Å². The number of hydrogen-bond donors (Lipinski definition) is 3. The second-order valence-corrected chi connectivity index (χ2v) is 28.1. The van der Waals surface area contributed by atoms with Gasteiger partial charge < -0.3 is 20.3 Å². The van der Waals surface area contributed by atoms with Crippen LogP contribution in [0.5, 0.6) is 0 Å². The van der Waals surface area contributed by atoms with Gasteiger partial charge in [0.25, 0.3) is 0 Å². The van der Waals surface area contributed by atoms with Crippen LogP contribution in [0.1, 0.15) is 450 Å². The molecule has 0 bridgehead atoms. The van der Waals surface area contributed by atoms with Gasteiger partial charge in [-0.3, -0.25) is 9.59 Å². The minimum Gasteiger partial charge on any atom is -0.466 e. The van der Waals surface area contributed by atoms with Gasteiger partial charge >= 0.3 is 5.97 Å². The van der Waals surface area contributed by atoms with Crippen molar-refractivity contribution >= 4 is 11.9 Å². The number of aliphatic hydroxyl groups is 2. The summed E-state index contributed by atoms with van der Waals surface area (Å²) in [6, 6.07) is -0.628. The van der Waals surface area contributed by atoms with E-state index in [2.05, 4.69) is 55.6 Å². The third kappa shape index (κ3) is 74.9. The number of carbonyl (C=O) groups excluding carboxylic acids is 2. The molecule has 530 valence electrons. The van der Waals surface area contributed by atoms with Crippen LogP contribution in [0.25, 0.3) is 0 Å². The molecule has 2 atom stereocenters. The van der Waals surface area contributed by atoms with Gasteiger partial charge in [-0.05, 0) is 89.9 Å². The maximum Gasteiger partial charge on any atom is 0.305 e. The Balaban J connectivity index is 3.39. The molecule has 1 amide bonds. The molecule has 0 aliphatic carbocycles. The summed E-state index contributed by atoms with van der Waals surface area (Å²) in [7, 11) is 0. The van der Waals surface area contributed by atoms with Crippen molar-refractivity contribution in [3.63, 3.8) is 0 Å². The summed E-state index contributed by atoms with van der Waals surface area (Å²) >= 11 is 0. The standard InChI is InChI=1S/C84H159NO5/c1-3-5-7-9-11-13-15-17-19-21-22-23-24-33-36-39-42-45-48-52-56-60-64-68-72-76-82(87)81(80-86)85-83(88)77-73-69-65-61-57-53-49-46-43-40-37-34-31-29-27-25-26-28-30-32-35-38-41-44-47-51-55-59-63-67-71-75-79-90-84(89)78-74-70-66-62-58-54-50-20-18-16-14-12-10-8-6-4-2/h14,16,20,28,30,50,72,76,81-82,86-87H,3-13,15,17-19,21-27,29,31-49,51-71,73-75,77-80H2,1-2H3,(H,85,88)/b16-14-,30-28-,50-20-,76-72+. The number of hydrogen-bond acceptors (Lipinski definition) is 5. The molecule has 0 aromatic rings. The topological polar surface area (TPSA) is 95.9 Å². The lowest BCUT2D eigenvalue weighted by Crippen LogP contribution is -2.45. The van der Waals surface area contributed by atoms with E-state index in [0.717, 1.165) is 51.4 Å². The van der Waals surface area contributed by atoms with E-state index in [1.807, 2.05) is 6.08 Å². The van der Waals surface area contributed by atoms with Crippen molar-refractivity contribution < 1.29 is 24.5 Å². The van der Waals surface area contributed by atoms with Gasteiger partial charge in [-0.25, -0.2) is 0 Å². The van der Waals surface area contributed by atoms with Crippen LogP contribution in [0.15, 0.2) is 48.6 Å². The SMILES string of the molecule is CCCCCC/C=C\C/C=C\CCCCCCCC(=O)OCCCCCCCCCCCCCC/C=C\CCCCCCCCCCCCCCCCCCC(=O)NC(CO)C(O)/C=C/CCCCCCCCCCCCCCCCCCCCCCCCC. The molecule has 3 N–H and O–H groups in total. The monoisotopic (exact) mass is 1260 g/mol. The molecule has 0 aromatic heterocycles. The van der Waals surface area contributed by atoms with Crippen LogP contribution in [0, 0.1) is 0 Å². The molecule has 0 rings (SSSR count). The Morgan fingerprint density at radius 1 is 0.311 bits per heavy atom. The van der Waals surface area contributed by atoms with Crippen LogP contribution >= 0.6 is 0 Å². The number of rotatable bonds is 77. The fourth-order valence-corrected chi connectivity index (χ4v) is 12.8. The average molecular weight is 1260 g/mol. The summed E-state index contributed by atoms with van der Waals surface area (Å²) in [5.74, 6) is -0.0555. The van der Waals surface area contributed by atoms with E-state index in [1.165, 1.54) is 372 Å². The van der Waals surface area contributed by atoms with Gasteiger partial charge in [0, 0.05) is 12.8 Å². The highest BCUT2D eigenvalue weighted by atomic mass is 16.5. The molecular formula is C84H159NO5. The van der Waals surface area contributed by atoms with E-state index in [9.17, 15) is 19.8 Å². The Kier molecular flexibility index (Phi) is 77.3. The highest BCUT2D eigenvalue weighted by Gasteiger charge is 2.18. The van der Waals surface area contributed by atoms with Crippen molar-refractivity contribution in [1.82, 2.24) is 5.32 Å². The van der Waals surface area contributed by atoms with Crippen LogP contribution in [0.4, 0.5) is 0 Å². The van der Waals surface area contributed by atoms with Gasteiger partial charge in [0.05, 0.1) is 25.4 Å². The van der Waals surface area contributed by atoms with E-state index in [-0.39, 0.29) is 18.5 Å². The zero-order valence-corrected chi connectivity index (χ0v) is 60.9. The smallest absolute Gasteiger partial charge is 0.305 e. The number of aliphatic hydroxyl groups excluding tert-OH is 2. The first-order valence-electron chi connectivity index (χ1n) is 40.9. The van der Waals surface area contributed by atoms with Crippen molar-refractivity contribution in [3.05, 3.63) is 48.6 Å². The van der Waals surface area contributed by atoms with Gasteiger partial charge in [-0.2, -0.15) is 0 Å². The predicted octanol–water partition coefficient (Wildman–Crippen LogP) is 27.2. The fourth-order valence-electron chi connectivity index (χ4n) is 12.8. The number of amides is 1. The van der Waals surface area contributed by atoms with Crippen molar-refractivity contribution in [2.24, 2.45) is 0 Å². The number of nitrogens with one attached hydrogen (secondary N) is 1. The maximum atomic E-state index is 12.6. The molecule has 0 aromatic carbocycles. The molecule has 2 unspecified atom stereocenters. The molecule has 0 aliphatic rings. The average Bonchev–Trinajstić information content (AvgIpc) is 3.71. The maximum absolute atomic E-state index is 12.6. The van der Waals surface area contributed by atoms with E-state index in [0.29, 0.717) is 19.4 Å². The summed E-state index contributed by atoms with van der Waals surface area (Å²) in [5, 5.41) is 23.3. The molecule has 0 aliphatic heterocycles. The van der Waals surface area contributed by atoms with E-state index in [1.54, 1.807) is 6.08 Å². The molecule has 6 heteroatoms. The molecule has 0 radical (unpaired) electrons. The van der Waals surface area contributed by atoms with Crippen molar-refractivity contribution in [1.29, 1.82) is 0 Å². The first-order chi connectivity index (χ1) is 44.5. The van der Waals surface area contributed by atoms with Gasteiger partial charge in [0.15, 0.2) is 0 Å². The first kappa shape index (κ1) is 87.8. The molecule has 0 fully saturated rings. The summed E-state index contributed by atoms with van der Waals surface area (Å²) in [6.45, 7) is 4.93. The van der Waals surface area contributed by atoms with Crippen LogP contribution in [-0.2, 0) is 14.3 Å². The second-order valence-electron chi connectivity index (χ2n) is 28.1. The highest BCUT2D eigenvalue weighted by molar-refractivity contribution is 5.76. The van der Waals surface area contributed by atoms with E-state index in [4.69, 9.17) is 4.74 Å². The third-order valence-corrected chi connectivity index (χ3v) is 19.1. The largest absolute Gasteiger partial charge is 0.466 e. The lowest BCUT2D eigenvalue weighted by atomic mass is 10.0. The Hall–Kier alpha value is -2.18. The van der Waals surface area contributed by atoms with Crippen molar-refractivity contribution in [2.75, 3.05) is 13.2 Å². The third-order valence-electron chi connectivity index (χ3n) is 19.1. The van der Waals surface area contributed by atoms with Crippen LogP contribution in [0.3, 0.4) is 0 Å². The second kappa shape index (κ2) is 79.3.